The van der Waals surface area contributed by atoms with Crippen LogP contribution in [0.5, 0.6) is 0 Å². The van der Waals surface area contributed by atoms with Crippen LogP contribution in [0.2, 0.25) is 0 Å². The number of nitrogens with zero attached hydrogens (tertiary/aromatic N) is 2. The van der Waals surface area contributed by atoms with Crippen LogP contribution in [-0.2, 0) is 0 Å². The van der Waals surface area contributed by atoms with Gasteiger partial charge in [0.25, 0.3) is 0 Å². The van der Waals surface area contributed by atoms with Crippen LogP contribution in [0.1, 0.15) is 50.4 Å². The number of hydrogen-bond acceptors (Lipinski definition) is 4. The monoisotopic (exact) mass is 281 g/mol. The van der Waals surface area contributed by atoms with Gasteiger partial charge in [-0.15, -0.1) is 11.3 Å². The minimum absolute atomic E-state index is 0.373. The molecule has 0 bridgehead atoms. The molecule has 1 saturated heterocycles. The molecule has 19 heavy (non-hydrogen) atoms. The summed E-state index contributed by atoms with van der Waals surface area (Å²) < 4.78 is 0. The van der Waals surface area contributed by atoms with E-state index in [1.54, 1.807) is 11.3 Å². The molecule has 0 spiro atoms. The number of rotatable bonds is 5. The fourth-order valence-electron chi connectivity index (χ4n) is 2.94. The molecular weight excluding hydrogens is 254 g/mol. The van der Waals surface area contributed by atoms with Crippen LogP contribution >= 0.6 is 11.3 Å². The zero-order chi connectivity index (χ0) is 13.8. The maximum absolute atomic E-state index is 4.58. The van der Waals surface area contributed by atoms with Crippen molar-refractivity contribution >= 4 is 11.3 Å². The van der Waals surface area contributed by atoms with Gasteiger partial charge in [0.2, 0.25) is 0 Å². The Bertz CT molecular complexity index is 382. The molecule has 0 saturated carbocycles. The molecule has 0 radical (unpaired) electrons. The van der Waals surface area contributed by atoms with Crippen LogP contribution in [0.3, 0.4) is 0 Å². The molecule has 1 N–H and O–H groups in total. The van der Waals surface area contributed by atoms with Crippen molar-refractivity contribution < 1.29 is 0 Å². The minimum Gasteiger partial charge on any atom is -0.305 e. The van der Waals surface area contributed by atoms with Gasteiger partial charge in [-0.1, -0.05) is 6.92 Å². The summed E-state index contributed by atoms with van der Waals surface area (Å²) >= 11 is 1.77. The third kappa shape index (κ3) is 4.01. The lowest BCUT2D eigenvalue weighted by atomic mass is 9.90. The second-order valence-electron chi connectivity index (χ2n) is 5.78. The summed E-state index contributed by atoms with van der Waals surface area (Å²) in [5.74, 6) is 0.811. The van der Waals surface area contributed by atoms with Crippen molar-refractivity contribution in [3.8, 4) is 0 Å². The first kappa shape index (κ1) is 14.9. The third-order valence-corrected chi connectivity index (χ3v) is 5.45. The first-order valence-corrected chi connectivity index (χ1v) is 8.38. The molecule has 1 fully saturated rings. The molecule has 1 aliphatic rings. The van der Waals surface area contributed by atoms with Gasteiger partial charge < -0.3 is 10.2 Å². The van der Waals surface area contributed by atoms with E-state index in [2.05, 4.69) is 48.3 Å². The van der Waals surface area contributed by atoms with Crippen LogP contribution in [0.25, 0.3) is 0 Å². The number of aromatic nitrogens is 1. The lowest BCUT2D eigenvalue weighted by Crippen LogP contribution is -2.42. The Hall–Kier alpha value is -0.450. The molecule has 1 aromatic rings. The second kappa shape index (κ2) is 6.82. The van der Waals surface area contributed by atoms with Gasteiger partial charge in [-0.25, -0.2) is 4.98 Å². The van der Waals surface area contributed by atoms with Crippen LogP contribution in [0.15, 0.2) is 5.38 Å². The summed E-state index contributed by atoms with van der Waals surface area (Å²) in [7, 11) is 0. The Kier molecular flexibility index (Phi) is 5.37. The largest absolute Gasteiger partial charge is 0.305 e. The Labute approximate surface area is 121 Å². The standard InChI is InChI=1S/C15H27N3S/c1-5-18-8-6-14(7-9-18)12(3)17-13(4)15-16-11(2)10-19-15/h10,12-14,17H,5-9H2,1-4H3. The highest BCUT2D eigenvalue weighted by atomic mass is 32.1. The van der Waals surface area contributed by atoms with E-state index in [9.17, 15) is 0 Å². The first-order chi connectivity index (χ1) is 9.10. The SMILES string of the molecule is CCN1CCC(C(C)NC(C)c2nc(C)cs2)CC1. The summed E-state index contributed by atoms with van der Waals surface area (Å²) in [6, 6.07) is 0.955. The van der Waals surface area contributed by atoms with E-state index in [-0.39, 0.29) is 0 Å². The van der Waals surface area contributed by atoms with Gasteiger partial charge in [0, 0.05) is 17.1 Å². The predicted molar refractivity (Wildman–Crippen MR) is 82.7 cm³/mol. The van der Waals surface area contributed by atoms with Crippen molar-refractivity contribution in [1.29, 1.82) is 0 Å². The molecule has 0 amide bonds. The molecule has 4 heteroatoms. The van der Waals surface area contributed by atoms with E-state index in [0.29, 0.717) is 12.1 Å². The lowest BCUT2D eigenvalue weighted by molar-refractivity contribution is 0.165. The molecule has 1 aromatic heterocycles. The van der Waals surface area contributed by atoms with Gasteiger partial charge in [-0.05, 0) is 59.2 Å². The summed E-state index contributed by atoms with van der Waals surface area (Å²) in [6.07, 6.45) is 2.65. The third-order valence-electron chi connectivity index (χ3n) is 4.31. The molecule has 2 heterocycles. The summed E-state index contributed by atoms with van der Waals surface area (Å²) in [6.45, 7) is 12.6. The van der Waals surface area contributed by atoms with Crippen molar-refractivity contribution in [1.82, 2.24) is 15.2 Å². The quantitative estimate of drug-likeness (QED) is 0.898. The van der Waals surface area contributed by atoms with Crippen LogP contribution in [0, 0.1) is 12.8 Å². The molecular formula is C15H27N3S. The number of thiazole rings is 1. The van der Waals surface area contributed by atoms with E-state index in [1.165, 1.54) is 37.5 Å². The summed E-state index contributed by atoms with van der Waals surface area (Å²) in [4.78, 5) is 7.13. The van der Waals surface area contributed by atoms with Crippen LogP contribution in [0.4, 0.5) is 0 Å². The average Bonchev–Trinajstić information content (AvgIpc) is 2.85. The predicted octanol–water partition coefficient (Wildman–Crippen LogP) is 3.22. The average molecular weight is 281 g/mol. The maximum atomic E-state index is 4.58. The van der Waals surface area contributed by atoms with Gasteiger partial charge in [-0.3, -0.25) is 0 Å². The molecule has 2 rings (SSSR count). The molecule has 0 aromatic carbocycles. The number of hydrogen-bond donors (Lipinski definition) is 1. The van der Waals surface area contributed by atoms with E-state index in [1.807, 2.05) is 0 Å². The van der Waals surface area contributed by atoms with Crippen molar-refractivity contribution in [3.63, 3.8) is 0 Å². The summed E-state index contributed by atoms with van der Waals surface area (Å²) in [5, 5.41) is 7.10. The van der Waals surface area contributed by atoms with Crippen molar-refractivity contribution in [2.24, 2.45) is 5.92 Å². The molecule has 2 unspecified atom stereocenters. The topological polar surface area (TPSA) is 28.2 Å². The number of likely N-dealkylation sites (tertiary alicyclic amines) is 1. The Morgan fingerprint density at radius 3 is 2.63 bits per heavy atom. The fraction of sp³-hybridized carbons (Fsp3) is 0.800. The summed E-state index contributed by atoms with van der Waals surface area (Å²) in [5.41, 5.74) is 1.14. The minimum atomic E-state index is 0.373. The zero-order valence-corrected chi connectivity index (χ0v) is 13.5. The van der Waals surface area contributed by atoms with Crippen molar-refractivity contribution in [3.05, 3.63) is 16.1 Å². The molecule has 108 valence electrons. The molecule has 0 aliphatic carbocycles. The smallest absolute Gasteiger partial charge is 0.110 e. The highest BCUT2D eigenvalue weighted by Crippen LogP contribution is 2.24. The maximum Gasteiger partial charge on any atom is 0.110 e. The number of piperidine rings is 1. The van der Waals surface area contributed by atoms with Gasteiger partial charge in [0.05, 0.1) is 6.04 Å². The number of nitrogens with one attached hydrogen (secondary N) is 1. The lowest BCUT2D eigenvalue weighted by Gasteiger charge is -2.35. The van der Waals surface area contributed by atoms with E-state index >= 15 is 0 Å². The van der Waals surface area contributed by atoms with Gasteiger partial charge in [0.15, 0.2) is 0 Å². The molecule has 3 nitrogen and oxygen atoms in total. The van der Waals surface area contributed by atoms with Gasteiger partial charge >= 0.3 is 0 Å². The number of aryl methyl sites for hydroxylation is 1. The van der Waals surface area contributed by atoms with Crippen molar-refractivity contribution in [2.45, 2.75) is 52.6 Å². The molecule has 1 aliphatic heterocycles. The zero-order valence-electron chi connectivity index (χ0n) is 12.6. The van der Waals surface area contributed by atoms with Gasteiger partial charge in [-0.2, -0.15) is 0 Å². The Morgan fingerprint density at radius 2 is 2.11 bits per heavy atom. The highest BCUT2D eigenvalue weighted by molar-refractivity contribution is 7.09. The van der Waals surface area contributed by atoms with Crippen LogP contribution < -0.4 is 5.32 Å². The van der Waals surface area contributed by atoms with E-state index in [0.717, 1.165) is 11.6 Å². The Morgan fingerprint density at radius 1 is 1.42 bits per heavy atom. The molecule has 2 atom stereocenters. The highest BCUT2D eigenvalue weighted by Gasteiger charge is 2.24. The van der Waals surface area contributed by atoms with Crippen molar-refractivity contribution in [2.75, 3.05) is 19.6 Å². The normalized spacial score (nSPS) is 21.5. The Balaban J connectivity index is 1.82. The fourth-order valence-corrected chi connectivity index (χ4v) is 3.75. The first-order valence-electron chi connectivity index (χ1n) is 7.50. The van der Waals surface area contributed by atoms with E-state index in [4.69, 9.17) is 0 Å². The second-order valence-corrected chi connectivity index (χ2v) is 6.67. The van der Waals surface area contributed by atoms with E-state index < -0.39 is 0 Å². The van der Waals surface area contributed by atoms with Gasteiger partial charge in [0.1, 0.15) is 5.01 Å². The van der Waals surface area contributed by atoms with Crippen LogP contribution in [-0.4, -0.2) is 35.6 Å².